The number of carbonyl (C=O) groups excluding carboxylic acids is 2. The first-order chi connectivity index (χ1) is 14.0. The molecule has 1 saturated heterocycles. The third-order valence-corrected chi connectivity index (χ3v) is 6.72. The van der Waals surface area contributed by atoms with Gasteiger partial charge in [-0.15, -0.1) is 11.3 Å². The molecule has 2 aromatic heterocycles. The number of nitrogens with zero attached hydrogens (tertiary/aromatic N) is 3. The van der Waals surface area contributed by atoms with Crippen LogP contribution in [0.2, 0.25) is 0 Å². The zero-order chi connectivity index (χ0) is 20.4. The van der Waals surface area contributed by atoms with E-state index in [1.165, 1.54) is 4.88 Å². The summed E-state index contributed by atoms with van der Waals surface area (Å²) in [4.78, 5) is 28.2. The smallest absolute Gasteiger partial charge is 0.257 e. The number of amides is 2. The molecule has 0 radical (unpaired) electrons. The SMILES string of the molecule is Cn1cc(C(=O)N2CCC(Cc3ccccc3-c3cccs3)(C(N)=O)CC2)cn1. The number of piperidine rings is 1. The van der Waals surface area contributed by atoms with Crippen molar-refractivity contribution in [3.63, 3.8) is 0 Å². The molecule has 1 aliphatic heterocycles. The van der Waals surface area contributed by atoms with E-state index in [-0.39, 0.29) is 11.8 Å². The summed E-state index contributed by atoms with van der Waals surface area (Å²) in [5, 5.41) is 6.13. The molecule has 3 aromatic rings. The molecule has 6 nitrogen and oxygen atoms in total. The minimum atomic E-state index is -0.640. The first-order valence-corrected chi connectivity index (χ1v) is 10.6. The van der Waals surface area contributed by atoms with Crippen LogP contribution in [0.1, 0.15) is 28.8 Å². The van der Waals surface area contributed by atoms with Crippen molar-refractivity contribution in [2.45, 2.75) is 19.3 Å². The number of aryl methyl sites for hydroxylation is 1. The number of hydrogen-bond acceptors (Lipinski definition) is 4. The molecule has 1 aliphatic rings. The Bertz CT molecular complexity index is 1020. The van der Waals surface area contributed by atoms with Gasteiger partial charge in [-0.1, -0.05) is 30.3 Å². The Kier molecular flexibility index (Phi) is 5.24. The van der Waals surface area contributed by atoms with Gasteiger partial charge >= 0.3 is 0 Å². The molecule has 1 fully saturated rings. The molecule has 0 saturated carbocycles. The van der Waals surface area contributed by atoms with E-state index < -0.39 is 5.41 Å². The second kappa shape index (κ2) is 7.83. The van der Waals surface area contributed by atoms with Gasteiger partial charge in [-0.25, -0.2) is 0 Å². The van der Waals surface area contributed by atoms with E-state index in [9.17, 15) is 9.59 Å². The average molecular weight is 409 g/mol. The highest BCUT2D eigenvalue weighted by Gasteiger charge is 2.41. The molecule has 0 spiro atoms. The Morgan fingerprint density at radius 3 is 2.55 bits per heavy atom. The van der Waals surface area contributed by atoms with Gasteiger partial charge in [0.25, 0.3) is 5.91 Å². The summed E-state index contributed by atoms with van der Waals surface area (Å²) < 4.78 is 1.62. The number of hydrogen-bond donors (Lipinski definition) is 1. The topological polar surface area (TPSA) is 81.2 Å². The molecule has 2 N–H and O–H groups in total. The van der Waals surface area contributed by atoms with Crippen LogP contribution in [0, 0.1) is 5.41 Å². The second-order valence-electron chi connectivity index (χ2n) is 7.65. The van der Waals surface area contributed by atoms with E-state index in [1.807, 2.05) is 18.2 Å². The highest BCUT2D eigenvalue weighted by atomic mass is 32.1. The Morgan fingerprint density at radius 2 is 1.93 bits per heavy atom. The van der Waals surface area contributed by atoms with E-state index in [0.29, 0.717) is 37.9 Å². The van der Waals surface area contributed by atoms with Crippen LogP contribution in [0.15, 0.2) is 54.2 Å². The zero-order valence-corrected chi connectivity index (χ0v) is 17.2. The molecule has 4 rings (SSSR count). The molecular formula is C22H24N4O2S. The molecule has 150 valence electrons. The summed E-state index contributed by atoms with van der Waals surface area (Å²) in [5.41, 5.74) is 8.11. The van der Waals surface area contributed by atoms with Crippen molar-refractivity contribution < 1.29 is 9.59 Å². The summed E-state index contributed by atoms with van der Waals surface area (Å²) >= 11 is 1.69. The number of benzene rings is 1. The maximum atomic E-state index is 12.7. The highest BCUT2D eigenvalue weighted by Crippen LogP contribution is 2.38. The van der Waals surface area contributed by atoms with Crippen molar-refractivity contribution in [3.05, 3.63) is 65.3 Å². The van der Waals surface area contributed by atoms with Gasteiger partial charge in [-0.2, -0.15) is 5.10 Å². The Morgan fingerprint density at radius 1 is 1.17 bits per heavy atom. The van der Waals surface area contributed by atoms with Gasteiger partial charge < -0.3 is 10.6 Å². The van der Waals surface area contributed by atoms with Crippen LogP contribution in [0.5, 0.6) is 0 Å². The molecule has 0 unspecified atom stereocenters. The van der Waals surface area contributed by atoms with Crippen molar-refractivity contribution in [2.75, 3.05) is 13.1 Å². The number of likely N-dealkylation sites (tertiary alicyclic amines) is 1. The normalized spacial score (nSPS) is 16.0. The van der Waals surface area contributed by atoms with Crippen LogP contribution in [-0.4, -0.2) is 39.6 Å². The summed E-state index contributed by atoms with van der Waals surface area (Å²) in [7, 11) is 1.79. The maximum absolute atomic E-state index is 12.7. The highest BCUT2D eigenvalue weighted by molar-refractivity contribution is 7.13. The molecule has 0 atom stereocenters. The molecule has 0 aliphatic carbocycles. The minimum Gasteiger partial charge on any atom is -0.369 e. The van der Waals surface area contributed by atoms with Gasteiger partial charge in [0.15, 0.2) is 0 Å². The predicted octanol–water partition coefficient (Wildman–Crippen LogP) is 3.10. The van der Waals surface area contributed by atoms with Crippen LogP contribution < -0.4 is 5.73 Å². The van der Waals surface area contributed by atoms with Crippen LogP contribution >= 0.6 is 11.3 Å². The van der Waals surface area contributed by atoms with E-state index in [1.54, 1.807) is 40.4 Å². The summed E-state index contributed by atoms with van der Waals surface area (Å²) in [6, 6.07) is 12.3. The fourth-order valence-corrected chi connectivity index (χ4v) is 4.86. The van der Waals surface area contributed by atoms with Crippen molar-refractivity contribution in [1.82, 2.24) is 14.7 Å². The van der Waals surface area contributed by atoms with Crippen LogP contribution in [0.4, 0.5) is 0 Å². The van der Waals surface area contributed by atoms with Crippen molar-refractivity contribution in [1.29, 1.82) is 0 Å². The van der Waals surface area contributed by atoms with Gasteiger partial charge in [-0.3, -0.25) is 14.3 Å². The quantitative estimate of drug-likeness (QED) is 0.704. The average Bonchev–Trinajstić information content (AvgIpc) is 3.40. The number of nitrogens with two attached hydrogens (primary N) is 1. The predicted molar refractivity (Wildman–Crippen MR) is 113 cm³/mol. The number of thiophene rings is 1. The van der Waals surface area contributed by atoms with Gasteiger partial charge in [-0.05, 0) is 41.8 Å². The molecular weight excluding hydrogens is 384 g/mol. The third kappa shape index (κ3) is 3.82. The lowest BCUT2D eigenvalue weighted by Gasteiger charge is -2.40. The van der Waals surface area contributed by atoms with Crippen molar-refractivity contribution >= 4 is 23.2 Å². The first kappa shape index (κ1) is 19.4. The Balaban J connectivity index is 1.54. The summed E-state index contributed by atoms with van der Waals surface area (Å²) in [6.45, 7) is 1.02. The standard InChI is InChI=1S/C22H24N4O2S/c1-25-15-17(14-24-25)20(27)26-10-8-22(9-11-26,21(23)28)13-16-5-2-3-6-18(16)19-7-4-12-29-19/h2-7,12,14-15H,8-11,13H2,1H3,(H2,23,28). The Hall–Kier alpha value is -2.93. The van der Waals surface area contributed by atoms with Gasteiger partial charge in [0.2, 0.25) is 5.91 Å². The number of rotatable bonds is 5. The lowest BCUT2D eigenvalue weighted by Crippen LogP contribution is -2.49. The number of aromatic nitrogens is 2. The van der Waals surface area contributed by atoms with Crippen molar-refractivity contribution in [3.8, 4) is 10.4 Å². The van der Waals surface area contributed by atoms with Gasteiger partial charge in [0.1, 0.15) is 0 Å². The lowest BCUT2D eigenvalue weighted by molar-refractivity contribution is -0.130. The molecule has 0 bridgehead atoms. The zero-order valence-electron chi connectivity index (χ0n) is 16.4. The second-order valence-corrected chi connectivity index (χ2v) is 8.60. The third-order valence-electron chi connectivity index (χ3n) is 5.82. The first-order valence-electron chi connectivity index (χ1n) is 9.68. The van der Waals surface area contributed by atoms with E-state index in [4.69, 9.17) is 5.73 Å². The summed E-state index contributed by atoms with van der Waals surface area (Å²) in [6.07, 6.45) is 5.01. The maximum Gasteiger partial charge on any atom is 0.257 e. The van der Waals surface area contributed by atoms with E-state index in [0.717, 1.165) is 11.1 Å². The molecule has 2 amide bonds. The largest absolute Gasteiger partial charge is 0.369 e. The molecule has 7 heteroatoms. The fraction of sp³-hybridized carbons (Fsp3) is 0.318. The molecule has 29 heavy (non-hydrogen) atoms. The monoisotopic (exact) mass is 408 g/mol. The molecule has 3 heterocycles. The van der Waals surface area contributed by atoms with Crippen LogP contribution in [0.25, 0.3) is 10.4 Å². The van der Waals surface area contributed by atoms with E-state index in [2.05, 4.69) is 28.7 Å². The van der Waals surface area contributed by atoms with Crippen LogP contribution in [-0.2, 0) is 18.3 Å². The van der Waals surface area contributed by atoms with Gasteiger partial charge in [0, 0.05) is 31.2 Å². The van der Waals surface area contributed by atoms with E-state index >= 15 is 0 Å². The van der Waals surface area contributed by atoms with Gasteiger partial charge in [0.05, 0.1) is 17.2 Å². The van der Waals surface area contributed by atoms with Crippen molar-refractivity contribution in [2.24, 2.45) is 18.2 Å². The summed E-state index contributed by atoms with van der Waals surface area (Å²) in [5.74, 6) is -0.331. The number of primary amides is 1. The number of carbonyl (C=O) groups is 2. The molecule has 1 aromatic carbocycles. The lowest BCUT2D eigenvalue weighted by atomic mass is 9.72. The fourth-order valence-electron chi connectivity index (χ4n) is 4.07. The minimum absolute atomic E-state index is 0.0462. The van der Waals surface area contributed by atoms with Crippen LogP contribution in [0.3, 0.4) is 0 Å². The Labute approximate surface area is 173 Å².